The highest BCUT2D eigenvalue weighted by atomic mass is 32.2. The molecule has 2 atom stereocenters. The van der Waals surface area contributed by atoms with Crippen LogP contribution < -0.4 is 5.32 Å². The van der Waals surface area contributed by atoms with Gasteiger partial charge >= 0.3 is 5.97 Å². The fraction of sp³-hybridized carbons (Fsp3) is 0.300. The van der Waals surface area contributed by atoms with Gasteiger partial charge in [0.05, 0.1) is 6.61 Å². The molecule has 0 fully saturated rings. The molecule has 0 amide bonds. The second-order valence-electron chi connectivity index (χ2n) is 3.20. The molecule has 3 N–H and O–H groups in total. The van der Waals surface area contributed by atoms with Gasteiger partial charge in [-0.1, -0.05) is 6.07 Å². The standard InChI is InChI=1S/C10H13NO4S/c1-16(15)8-4-2-3-7(5-8)11-9(6-12)10(13)14/h2-5,9,11-12H,6H2,1H3,(H,13,14)/t9-,16?/m1/s1. The van der Waals surface area contributed by atoms with Crippen LogP contribution in [0.5, 0.6) is 0 Å². The third-order valence-corrected chi connectivity index (χ3v) is 2.91. The molecule has 88 valence electrons. The SMILES string of the molecule is CS(=O)c1cccc(N[C@H](CO)C(=O)O)c1. The van der Waals surface area contributed by atoms with Crippen LogP contribution >= 0.6 is 0 Å². The van der Waals surface area contributed by atoms with Crippen molar-refractivity contribution in [2.45, 2.75) is 10.9 Å². The van der Waals surface area contributed by atoms with Crippen molar-refractivity contribution in [1.82, 2.24) is 0 Å². The number of aliphatic hydroxyl groups excluding tert-OH is 1. The Kier molecular flexibility index (Phi) is 4.45. The number of rotatable bonds is 5. The Morgan fingerprint density at radius 3 is 2.75 bits per heavy atom. The molecular weight excluding hydrogens is 230 g/mol. The van der Waals surface area contributed by atoms with Crippen molar-refractivity contribution in [3.05, 3.63) is 24.3 Å². The molecule has 0 bridgehead atoms. The Morgan fingerprint density at radius 1 is 1.56 bits per heavy atom. The Balaban J connectivity index is 2.84. The van der Waals surface area contributed by atoms with Crippen molar-refractivity contribution in [1.29, 1.82) is 0 Å². The summed E-state index contributed by atoms with van der Waals surface area (Å²) in [6.07, 6.45) is 1.54. The van der Waals surface area contributed by atoms with Crippen LogP contribution in [-0.2, 0) is 15.6 Å². The van der Waals surface area contributed by atoms with Gasteiger partial charge in [0, 0.05) is 27.6 Å². The average molecular weight is 243 g/mol. The number of aliphatic hydroxyl groups is 1. The summed E-state index contributed by atoms with van der Waals surface area (Å²) in [7, 11) is -1.12. The lowest BCUT2D eigenvalue weighted by molar-refractivity contribution is -0.138. The predicted octanol–water partition coefficient (Wildman–Crippen LogP) is 0.281. The summed E-state index contributed by atoms with van der Waals surface area (Å²) in [5, 5.41) is 20.2. The minimum Gasteiger partial charge on any atom is -0.480 e. The Bertz CT molecular complexity index is 408. The molecule has 0 spiro atoms. The third-order valence-electron chi connectivity index (χ3n) is 1.99. The quantitative estimate of drug-likeness (QED) is 0.691. The molecular formula is C10H13NO4S. The minimum absolute atomic E-state index is 0.505. The number of carbonyl (C=O) groups is 1. The summed E-state index contributed by atoms with van der Waals surface area (Å²) in [5.74, 6) is -1.13. The topological polar surface area (TPSA) is 86.6 Å². The van der Waals surface area contributed by atoms with Crippen LogP contribution in [0.25, 0.3) is 0 Å². The van der Waals surface area contributed by atoms with Gasteiger partial charge in [0.1, 0.15) is 6.04 Å². The molecule has 0 aromatic heterocycles. The Hall–Kier alpha value is -1.40. The van der Waals surface area contributed by atoms with Crippen molar-refractivity contribution >= 4 is 22.5 Å². The molecule has 0 saturated heterocycles. The van der Waals surface area contributed by atoms with Gasteiger partial charge in [-0.05, 0) is 18.2 Å². The molecule has 16 heavy (non-hydrogen) atoms. The molecule has 6 heteroatoms. The van der Waals surface area contributed by atoms with Gasteiger partial charge in [-0.15, -0.1) is 0 Å². The van der Waals surface area contributed by atoms with Crippen molar-refractivity contribution < 1.29 is 19.2 Å². The maximum absolute atomic E-state index is 11.2. The maximum Gasteiger partial charge on any atom is 0.328 e. The van der Waals surface area contributed by atoms with Gasteiger partial charge in [0.25, 0.3) is 0 Å². The van der Waals surface area contributed by atoms with Crippen molar-refractivity contribution in [3.8, 4) is 0 Å². The third kappa shape index (κ3) is 3.32. The molecule has 0 heterocycles. The van der Waals surface area contributed by atoms with E-state index in [0.29, 0.717) is 10.6 Å². The van der Waals surface area contributed by atoms with Crippen LogP contribution in [0.4, 0.5) is 5.69 Å². The highest BCUT2D eigenvalue weighted by molar-refractivity contribution is 7.84. The largest absolute Gasteiger partial charge is 0.480 e. The van der Waals surface area contributed by atoms with Gasteiger partial charge < -0.3 is 15.5 Å². The maximum atomic E-state index is 11.2. The first-order valence-electron chi connectivity index (χ1n) is 4.58. The van der Waals surface area contributed by atoms with Crippen LogP contribution in [0.15, 0.2) is 29.2 Å². The van der Waals surface area contributed by atoms with Gasteiger partial charge in [-0.3, -0.25) is 4.21 Å². The summed E-state index contributed by atoms with van der Waals surface area (Å²) in [5.41, 5.74) is 0.522. The number of carboxylic acids is 1. The van der Waals surface area contributed by atoms with E-state index in [1.54, 1.807) is 30.5 Å². The molecule has 5 nitrogen and oxygen atoms in total. The number of carboxylic acid groups (broad SMARTS) is 1. The van der Waals surface area contributed by atoms with E-state index in [2.05, 4.69) is 5.32 Å². The number of hydrogen-bond donors (Lipinski definition) is 3. The van der Waals surface area contributed by atoms with Gasteiger partial charge in [-0.2, -0.15) is 0 Å². The highest BCUT2D eigenvalue weighted by Crippen LogP contribution is 2.14. The molecule has 0 radical (unpaired) electrons. The summed E-state index contributed by atoms with van der Waals surface area (Å²) in [4.78, 5) is 11.3. The first kappa shape index (κ1) is 12.7. The normalized spacial score (nSPS) is 14.1. The summed E-state index contributed by atoms with van der Waals surface area (Å²) in [6, 6.07) is 5.57. The number of aliphatic carboxylic acids is 1. The average Bonchev–Trinajstić information content (AvgIpc) is 2.25. The molecule has 1 aromatic rings. The van der Waals surface area contributed by atoms with Crippen LogP contribution in [-0.4, -0.2) is 39.3 Å². The molecule has 0 aliphatic rings. The number of hydrogen-bond acceptors (Lipinski definition) is 4. The van der Waals surface area contributed by atoms with E-state index in [9.17, 15) is 9.00 Å². The van der Waals surface area contributed by atoms with E-state index in [-0.39, 0.29) is 0 Å². The Morgan fingerprint density at radius 2 is 2.25 bits per heavy atom. The minimum atomic E-state index is -1.13. The van der Waals surface area contributed by atoms with Crippen molar-refractivity contribution in [2.75, 3.05) is 18.2 Å². The zero-order chi connectivity index (χ0) is 12.1. The van der Waals surface area contributed by atoms with Crippen LogP contribution in [0.1, 0.15) is 0 Å². The van der Waals surface area contributed by atoms with Crippen LogP contribution in [0, 0.1) is 0 Å². The molecule has 0 saturated carbocycles. The highest BCUT2D eigenvalue weighted by Gasteiger charge is 2.15. The number of anilines is 1. The van der Waals surface area contributed by atoms with E-state index in [1.807, 2.05) is 0 Å². The predicted molar refractivity (Wildman–Crippen MR) is 60.9 cm³/mol. The van der Waals surface area contributed by atoms with E-state index >= 15 is 0 Å². The molecule has 0 aliphatic carbocycles. The van der Waals surface area contributed by atoms with Gasteiger partial charge in [-0.25, -0.2) is 4.79 Å². The molecule has 1 rings (SSSR count). The van der Waals surface area contributed by atoms with Gasteiger partial charge in [0.15, 0.2) is 0 Å². The van der Waals surface area contributed by atoms with Crippen molar-refractivity contribution in [2.24, 2.45) is 0 Å². The first-order chi connectivity index (χ1) is 7.54. The van der Waals surface area contributed by atoms with Gasteiger partial charge in [0.2, 0.25) is 0 Å². The Labute approximate surface area is 95.6 Å². The zero-order valence-electron chi connectivity index (χ0n) is 8.71. The van der Waals surface area contributed by atoms with Crippen LogP contribution in [0.3, 0.4) is 0 Å². The lowest BCUT2D eigenvalue weighted by Gasteiger charge is -2.13. The van der Waals surface area contributed by atoms with Crippen molar-refractivity contribution in [3.63, 3.8) is 0 Å². The number of nitrogens with one attached hydrogen (secondary N) is 1. The monoisotopic (exact) mass is 243 g/mol. The first-order valence-corrected chi connectivity index (χ1v) is 6.14. The number of benzene rings is 1. The molecule has 0 aliphatic heterocycles. The lowest BCUT2D eigenvalue weighted by atomic mass is 10.2. The van der Waals surface area contributed by atoms with E-state index in [4.69, 9.17) is 10.2 Å². The second kappa shape index (κ2) is 5.62. The molecule has 1 unspecified atom stereocenters. The fourth-order valence-corrected chi connectivity index (χ4v) is 1.71. The fourth-order valence-electron chi connectivity index (χ4n) is 1.15. The summed E-state index contributed by atoms with van der Waals surface area (Å²) >= 11 is 0. The smallest absolute Gasteiger partial charge is 0.328 e. The summed E-state index contributed by atoms with van der Waals surface area (Å²) in [6.45, 7) is -0.505. The molecule has 1 aromatic carbocycles. The summed E-state index contributed by atoms with van der Waals surface area (Å²) < 4.78 is 11.2. The zero-order valence-corrected chi connectivity index (χ0v) is 9.53. The second-order valence-corrected chi connectivity index (χ2v) is 4.58. The van der Waals surface area contributed by atoms with E-state index < -0.39 is 29.4 Å². The van der Waals surface area contributed by atoms with E-state index in [0.717, 1.165) is 0 Å². The van der Waals surface area contributed by atoms with E-state index in [1.165, 1.54) is 0 Å². The lowest BCUT2D eigenvalue weighted by Crippen LogP contribution is -2.32. The van der Waals surface area contributed by atoms with Crippen LogP contribution in [0.2, 0.25) is 0 Å².